The second-order valence-electron chi connectivity index (χ2n) is 9.44. The SMILES string of the molecule is Cc1ccc2nc(C(=O)N3CCC4(C/C=C/Cc5ccccc5OCC(=O)NC4)CC3)cn2c1. The molecule has 2 aromatic heterocycles. The Kier molecular flexibility index (Phi) is 6.09. The smallest absolute Gasteiger partial charge is 0.274 e. The number of carbonyl (C=O) groups excluding carboxylic acids is 2. The van der Waals surface area contributed by atoms with Crippen molar-refractivity contribution in [2.45, 2.75) is 32.6 Å². The molecule has 2 aliphatic rings. The van der Waals surface area contributed by atoms with E-state index in [1.807, 2.05) is 65.0 Å². The molecule has 1 saturated heterocycles. The number of nitrogens with one attached hydrogen (secondary N) is 1. The van der Waals surface area contributed by atoms with Gasteiger partial charge in [-0.2, -0.15) is 0 Å². The number of allylic oxidation sites excluding steroid dienone is 2. The summed E-state index contributed by atoms with van der Waals surface area (Å²) in [6.45, 7) is 3.90. The molecule has 3 aromatic rings. The molecule has 176 valence electrons. The quantitative estimate of drug-likeness (QED) is 0.566. The lowest BCUT2D eigenvalue weighted by molar-refractivity contribution is -0.123. The van der Waals surface area contributed by atoms with E-state index in [2.05, 4.69) is 22.5 Å². The summed E-state index contributed by atoms with van der Waals surface area (Å²) < 4.78 is 7.67. The Balaban J connectivity index is 1.28. The van der Waals surface area contributed by atoms with Gasteiger partial charge in [0.15, 0.2) is 6.61 Å². The Labute approximate surface area is 199 Å². The van der Waals surface area contributed by atoms with E-state index in [4.69, 9.17) is 4.74 Å². The highest BCUT2D eigenvalue weighted by atomic mass is 16.5. The molecule has 1 spiro atoms. The van der Waals surface area contributed by atoms with Crippen molar-refractivity contribution in [1.29, 1.82) is 0 Å². The monoisotopic (exact) mass is 458 g/mol. The van der Waals surface area contributed by atoms with Gasteiger partial charge in [-0.1, -0.05) is 36.4 Å². The van der Waals surface area contributed by atoms with Crippen LogP contribution in [-0.2, 0) is 11.2 Å². The second-order valence-corrected chi connectivity index (χ2v) is 9.44. The van der Waals surface area contributed by atoms with Crippen LogP contribution in [0.5, 0.6) is 5.75 Å². The van der Waals surface area contributed by atoms with Crippen molar-refractivity contribution in [2.75, 3.05) is 26.2 Å². The third-order valence-electron chi connectivity index (χ3n) is 6.98. The Hall–Kier alpha value is -3.61. The van der Waals surface area contributed by atoms with Gasteiger partial charge in [-0.15, -0.1) is 0 Å². The van der Waals surface area contributed by atoms with Gasteiger partial charge < -0.3 is 19.4 Å². The molecule has 7 nitrogen and oxygen atoms in total. The van der Waals surface area contributed by atoms with Gasteiger partial charge in [0.25, 0.3) is 11.8 Å². The summed E-state index contributed by atoms with van der Waals surface area (Å²) in [5, 5.41) is 3.07. The Morgan fingerprint density at radius 1 is 1.09 bits per heavy atom. The van der Waals surface area contributed by atoms with E-state index >= 15 is 0 Å². The van der Waals surface area contributed by atoms with Gasteiger partial charge in [0.1, 0.15) is 17.1 Å². The lowest BCUT2D eigenvalue weighted by Gasteiger charge is -2.41. The Bertz CT molecular complexity index is 1240. The summed E-state index contributed by atoms with van der Waals surface area (Å²) in [5.74, 6) is 0.609. The van der Waals surface area contributed by atoms with E-state index in [9.17, 15) is 9.59 Å². The van der Waals surface area contributed by atoms with E-state index in [0.29, 0.717) is 25.3 Å². The third kappa shape index (κ3) is 4.69. The largest absolute Gasteiger partial charge is 0.483 e. The van der Waals surface area contributed by atoms with E-state index in [1.165, 1.54) is 0 Å². The van der Waals surface area contributed by atoms with Gasteiger partial charge in [0.05, 0.1) is 0 Å². The van der Waals surface area contributed by atoms with E-state index < -0.39 is 0 Å². The molecule has 0 radical (unpaired) electrons. The van der Waals surface area contributed by atoms with Crippen LogP contribution in [0.2, 0.25) is 0 Å². The first-order valence-corrected chi connectivity index (χ1v) is 11.9. The van der Waals surface area contributed by atoms with E-state index in [0.717, 1.165) is 48.2 Å². The minimum atomic E-state index is -0.114. The number of fused-ring (bicyclic) bond motifs is 2. The first kappa shape index (κ1) is 22.2. The average Bonchev–Trinajstić information content (AvgIpc) is 3.27. The number of piperidine rings is 1. The maximum atomic E-state index is 13.2. The average molecular weight is 459 g/mol. The van der Waals surface area contributed by atoms with Crippen molar-refractivity contribution in [3.05, 3.63) is 77.8 Å². The number of rotatable bonds is 1. The highest BCUT2D eigenvalue weighted by molar-refractivity contribution is 5.93. The molecule has 34 heavy (non-hydrogen) atoms. The molecule has 2 amide bonds. The lowest BCUT2D eigenvalue weighted by Crippen LogP contribution is -2.48. The van der Waals surface area contributed by atoms with Crippen LogP contribution in [0.4, 0.5) is 0 Å². The number of nitrogens with zero attached hydrogens (tertiary/aromatic N) is 3. The van der Waals surface area contributed by atoms with Crippen molar-refractivity contribution in [3.8, 4) is 5.75 Å². The van der Waals surface area contributed by atoms with Crippen LogP contribution >= 0.6 is 0 Å². The molecule has 5 rings (SSSR count). The molecule has 7 heteroatoms. The normalized spacial score (nSPS) is 19.4. The van der Waals surface area contributed by atoms with Crippen LogP contribution in [0.15, 0.2) is 60.9 Å². The first-order chi connectivity index (χ1) is 16.5. The number of likely N-dealkylation sites (tertiary alicyclic amines) is 1. The summed E-state index contributed by atoms with van der Waals surface area (Å²) in [6, 6.07) is 11.8. The summed E-state index contributed by atoms with van der Waals surface area (Å²) in [4.78, 5) is 32.0. The number of ether oxygens (including phenoxy) is 1. The lowest BCUT2D eigenvalue weighted by atomic mass is 9.75. The van der Waals surface area contributed by atoms with Crippen molar-refractivity contribution >= 4 is 17.5 Å². The second kappa shape index (κ2) is 9.33. The highest BCUT2D eigenvalue weighted by Gasteiger charge is 2.36. The molecule has 4 heterocycles. The standard InChI is InChI=1S/C27H30N4O3/c1-20-9-10-24-29-22(17-31(24)16-20)26(33)30-14-12-27(13-15-30)11-5-4-7-21-6-2-3-8-23(21)34-18-25(32)28-19-27/h2-6,8-10,16-17H,7,11-15,18-19H2,1H3,(H,28,32)/b5-4+. The topological polar surface area (TPSA) is 75.9 Å². The number of carbonyl (C=O) groups is 2. The molecule has 0 saturated carbocycles. The van der Waals surface area contributed by atoms with Gasteiger partial charge in [-0.3, -0.25) is 9.59 Å². The number of aryl methyl sites for hydroxylation is 1. The van der Waals surface area contributed by atoms with Crippen molar-refractivity contribution in [1.82, 2.24) is 19.6 Å². The minimum absolute atomic E-state index is 0.00871. The summed E-state index contributed by atoms with van der Waals surface area (Å²) in [7, 11) is 0. The maximum absolute atomic E-state index is 13.2. The van der Waals surface area contributed by atoms with E-state index in [-0.39, 0.29) is 23.8 Å². The fourth-order valence-corrected chi connectivity index (χ4v) is 4.84. The molecule has 1 N–H and O–H groups in total. The van der Waals surface area contributed by atoms with Gasteiger partial charge >= 0.3 is 0 Å². The molecule has 1 aromatic carbocycles. The first-order valence-electron chi connectivity index (χ1n) is 11.9. The van der Waals surface area contributed by atoms with Crippen LogP contribution in [0.25, 0.3) is 5.65 Å². The molecular formula is C27H30N4O3. The van der Waals surface area contributed by atoms with Crippen LogP contribution in [0, 0.1) is 12.3 Å². The van der Waals surface area contributed by atoms with E-state index in [1.54, 1.807) is 0 Å². The van der Waals surface area contributed by atoms with Crippen molar-refractivity contribution in [3.63, 3.8) is 0 Å². The summed E-state index contributed by atoms with van der Waals surface area (Å²) in [5.41, 5.74) is 3.37. The third-order valence-corrected chi connectivity index (χ3v) is 6.98. The Morgan fingerprint density at radius 2 is 1.91 bits per heavy atom. The van der Waals surface area contributed by atoms with Gasteiger partial charge in [-0.25, -0.2) is 4.98 Å². The fourth-order valence-electron chi connectivity index (χ4n) is 4.84. The summed E-state index contributed by atoms with van der Waals surface area (Å²) in [6.07, 6.45) is 11.5. The van der Waals surface area contributed by atoms with Gasteiger partial charge in [0, 0.05) is 32.0 Å². The predicted octanol–water partition coefficient (Wildman–Crippen LogP) is 3.56. The molecule has 1 fully saturated rings. The molecule has 0 atom stereocenters. The van der Waals surface area contributed by atoms with Gasteiger partial charge in [-0.05, 0) is 61.3 Å². The molecule has 0 aliphatic carbocycles. The minimum Gasteiger partial charge on any atom is -0.483 e. The van der Waals surface area contributed by atoms with Gasteiger partial charge in [0.2, 0.25) is 0 Å². The van der Waals surface area contributed by atoms with Crippen LogP contribution in [-0.4, -0.2) is 52.3 Å². The predicted molar refractivity (Wildman–Crippen MR) is 130 cm³/mol. The molecule has 0 bridgehead atoms. The zero-order valence-electron chi connectivity index (χ0n) is 19.5. The Morgan fingerprint density at radius 3 is 2.76 bits per heavy atom. The van der Waals surface area contributed by atoms with Crippen LogP contribution < -0.4 is 10.1 Å². The zero-order valence-corrected chi connectivity index (χ0v) is 19.5. The number of hydrogen-bond donors (Lipinski definition) is 1. The number of para-hydroxylation sites is 1. The highest BCUT2D eigenvalue weighted by Crippen LogP contribution is 2.36. The van der Waals surface area contributed by atoms with Crippen LogP contribution in [0.1, 0.15) is 40.9 Å². The number of pyridine rings is 1. The molecule has 0 unspecified atom stereocenters. The van der Waals surface area contributed by atoms with Crippen LogP contribution in [0.3, 0.4) is 0 Å². The number of aromatic nitrogens is 2. The van der Waals surface area contributed by atoms with Crippen molar-refractivity contribution < 1.29 is 14.3 Å². The fraction of sp³-hybridized carbons (Fsp3) is 0.370. The summed E-state index contributed by atoms with van der Waals surface area (Å²) >= 11 is 0. The molecule has 2 aliphatic heterocycles. The number of imidazole rings is 1. The zero-order chi connectivity index (χ0) is 23.5. The number of benzene rings is 1. The maximum Gasteiger partial charge on any atom is 0.274 e. The van der Waals surface area contributed by atoms with Crippen molar-refractivity contribution in [2.24, 2.45) is 5.41 Å². The number of amides is 2. The number of hydrogen-bond acceptors (Lipinski definition) is 4. The molecular weight excluding hydrogens is 428 g/mol.